The van der Waals surface area contributed by atoms with Crippen molar-refractivity contribution >= 4 is 55.1 Å². The largest absolute Gasteiger partial charge is 0.744 e. The lowest BCUT2D eigenvalue weighted by Gasteiger charge is -2.21. The summed E-state index contributed by atoms with van der Waals surface area (Å²) in [7, 11) is -4.13. The number of benzene rings is 3. The highest BCUT2D eigenvalue weighted by Gasteiger charge is 2.15. The Morgan fingerprint density at radius 2 is 1.33 bits per heavy atom. The van der Waals surface area contributed by atoms with Gasteiger partial charge in [-0.05, 0) is 104 Å². The molecule has 0 aliphatic heterocycles. The predicted molar refractivity (Wildman–Crippen MR) is 212 cm³/mol. The number of aryl methyl sites for hydroxylation is 1. The van der Waals surface area contributed by atoms with Crippen LogP contribution in [-0.4, -0.2) is 112 Å². The predicted octanol–water partition coefficient (Wildman–Crippen LogP) is 4.62. The molecule has 290 valence electrons. The minimum atomic E-state index is -4.27. The third-order valence-corrected chi connectivity index (χ3v) is 10.0. The summed E-state index contributed by atoms with van der Waals surface area (Å²) in [6.45, 7) is 4.91. The van der Waals surface area contributed by atoms with E-state index in [4.69, 9.17) is 18.9 Å². The van der Waals surface area contributed by atoms with Crippen LogP contribution in [0.15, 0.2) is 77.7 Å². The van der Waals surface area contributed by atoms with Crippen LogP contribution in [0, 0.1) is 6.92 Å². The van der Waals surface area contributed by atoms with Crippen LogP contribution in [-0.2, 0) is 40.1 Å². The molecule has 12 nitrogen and oxygen atoms in total. The highest BCUT2D eigenvalue weighted by Crippen LogP contribution is 2.19. The van der Waals surface area contributed by atoms with Gasteiger partial charge in [0.1, 0.15) is 52.8 Å². The second-order valence-electron chi connectivity index (χ2n) is 12.3. The van der Waals surface area contributed by atoms with Crippen molar-refractivity contribution in [2.24, 2.45) is 0 Å². The van der Waals surface area contributed by atoms with Crippen LogP contribution in [0.1, 0.15) is 25.3 Å². The van der Waals surface area contributed by atoms with E-state index in [1.54, 1.807) is 60.7 Å². The van der Waals surface area contributed by atoms with E-state index < -0.39 is 16.2 Å². The van der Waals surface area contributed by atoms with E-state index in [1.165, 1.54) is 12.1 Å². The molecule has 0 radical (unpaired) electrons. The van der Waals surface area contributed by atoms with Gasteiger partial charge in [-0.2, -0.15) is 0 Å². The molecule has 2 amide bonds. The van der Waals surface area contributed by atoms with Crippen LogP contribution in [0.25, 0.3) is 0 Å². The maximum absolute atomic E-state index is 12.0. The first-order valence-electron chi connectivity index (χ1n) is 16.8. The summed E-state index contributed by atoms with van der Waals surface area (Å²) < 4.78 is 54.1. The van der Waals surface area contributed by atoms with E-state index in [-0.39, 0.29) is 64.4 Å². The fourth-order valence-electron chi connectivity index (χ4n) is 4.11. The number of hydrogen-bond acceptors (Lipinski definition) is 10. The smallest absolute Gasteiger partial charge is 0.229 e. The van der Waals surface area contributed by atoms with E-state index in [0.717, 1.165) is 22.8 Å². The van der Waals surface area contributed by atoms with Crippen LogP contribution in [0.2, 0.25) is 0 Å². The maximum Gasteiger partial charge on any atom is 0.229 e. The Hall–Kier alpha value is -3.31. The summed E-state index contributed by atoms with van der Waals surface area (Å²) >= 11 is 0. The van der Waals surface area contributed by atoms with Crippen LogP contribution >= 0.6 is 10.9 Å². The zero-order valence-corrected chi connectivity index (χ0v) is 33.4. The lowest BCUT2D eigenvalue weighted by molar-refractivity contribution is -0.116. The molecule has 3 N–H and O–H groups in total. The van der Waals surface area contributed by atoms with Gasteiger partial charge in [0.25, 0.3) is 0 Å². The number of anilines is 2. The average Bonchev–Trinajstić information content (AvgIpc) is 3.10. The van der Waals surface area contributed by atoms with Gasteiger partial charge < -0.3 is 39.2 Å². The highest BCUT2D eigenvalue weighted by molar-refractivity contribution is 8.15. The van der Waals surface area contributed by atoms with Gasteiger partial charge in [0.15, 0.2) is 0 Å². The normalized spacial score (nSPS) is 12.6. The zero-order chi connectivity index (χ0) is 38.5. The Bertz CT molecular complexity index is 1570. The molecular formula is C37H54N2O10S3. The van der Waals surface area contributed by atoms with Crippen LogP contribution < -0.4 is 20.1 Å². The summed E-state index contributed by atoms with van der Waals surface area (Å²) in [5.74, 6) is 3.02. The Labute approximate surface area is 314 Å². The molecule has 0 aliphatic rings. The second-order valence-corrected chi connectivity index (χ2v) is 18.7. The number of aliphatic hydroxyl groups is 1. The number of carbonyl (C=O) groups is 2. The first-order valence-corrected chi connectivity index (χ1v) is 22.8. The van der Waals surface area contributed by atoms with Gasteiger partial charge >= 0.3 is 0 Å². The molecule has 0 aliphatic carbocycles. The number of rotatable bonds is 21. The molecule has 3 aromatic rings. The number of carbonyl (C=O) groups excluding carboxylic acids is 2. The van der Waals surface area contributed by atoms with Crippen molar-refractivity contribution in [2.75, 3.05) is 80.2 Å². The Morgan fingerprint density at radius 1 is 0.808 bits per heavy atom. The van der Waals surface area contributed by atoms with Crippen molar-refractivity contribution < 1.29 is 46.6 Å². The Balaban J connectivity index is 0.000000722. The third-order valence-electron chi connectivity index (χ3n) is 7.02. The molecule has 0 bridgehead atoms. The van der Waals surface area contributed by atoms with Crippen LogP contribution in [0.5, 0.6) is 11.5 Å². The van der Waals surface area contributed by atoms with Crippen LogP contribution in [0.4, 0.5) is 11.4 Å². The molecule has 0 saturated carbocycles. The summed E-state index contributed by atoms with van der Waals surface area (Å²) in [5, 5.41) is 16.2. The van der Waals surface area contributed by atoms with Crippen molar-refractivity contribution in [3.05, 3.63) is 78.4 Å². The minimum Gasteiger partial charge on any atom is -0.744 e. The molecule has 0 saturated heterocycles. The first-order chi connectivity index (χ1) is 24.6. The maximum atomic E-state index is 12.0. The van der Waals surface area contributed by atoms with Crippen molar-refractivity contribution in [3.8, 4) is 11.5 Å². The number of thiol groups is 1. The summed E-state index contributed by atoms with van der Waals surface area (Å²) in [6.07, 6.45) is 8.33. The number of ether oxygens (including phenoxy) is 4. The molecule has 15 heteroatoms. The van der Waals surface area contributed by atoms with Crippen molar-refractivity contribution in [1.82, 2.24) is 0 Å². The molecule has 3 aromatic carbocycles. The van der Waals surface area contributed by atoms with E-state index in [1.807, 2.05) is 13.8 Å². The molecule has 0 heterocycles. The first kappa shape index (κ1) is 44.8. The van der Waals surface area contributed by atoms with Gasteiger partial charge in [-0.1, -0.05) is 17.7 Å². The van der Waals surface area contributed by atoms with Gasteiger partial charge in [-0.25, -0.2) is 8.42 Å². The van der Waals surface area contributed by atoms with Gasteiger partial charge in [0.05, 0.1) is 37.0 Å². The number of hydrogen-bond donors (Lipinski definition) is 4. The lowest BCUT2D eigenvalue weighted by Crippen LogP contribution is -2.32. The molecular weight excluding hydrogens is 729 g/mol. The monoisotopic (exact) mass is 782 g/mol. The van der Waals surface area contributed by atoms with Crippen LogP contribution in [0.3, 0.4) is 0 Å². The fraction of sp³-hybridized carbons (Fsp3) is 0.459. The molecule has 2 atom stereocenters. The zero-order valence-electron chi connectivity index (χ0n) is 30.8. The standard InChI is InChI=1S/C30H46N2O7S2.C7H8O3S/c1-6-36-21-28(22-39-27-13-9-24(10-14-27)32-30(35)16-18-41(4)5)38-20-25(33)19-37-26-11-7-23(8-12-26)31-29(34)15-17-40(2)3;1-6-2-4-7(5-3-6)11(8,9)10/h7-14,25,28,33,40H,6,15-22H2,1-5H3,(H-,31,32,34,35);2-5H,1H3,(H,8,9,10). The van der Waals surface area contributed by atoms with Gasteiger partial charge in [0, 0.05) is 24.4 Å². The Morgan fingerprint density at radius 3 is 1.81 bits per heavy atom. The van der Waals surface area contributed by atoms with Gasteiger partial charge in [0.2, 0.25) is 11.8 Å². The SMILES string of the molecule is CCOCC(COc1ccc(NC(=O)CC[S+](C)C)cc1)OCC(O)COc1ccc(NC(=O)CC[SH](C)C)cc1.Cc1ccc(S(=O)(=O)[O-])cc1. The van der Waals surface area contributed by atoms with E-state index >= 15 is 0 Å². The van der Waals surface area contributed by atoms with E-state index in [9.17, 15) is 27.7 Å². The van der Waals surface area contributed by atoms with Crippen molar-refractivity contribution in [1.29, 1.82) is 0 Å². The Kier molecular flexibility index (Phi) is 20.8. The summed E-state index contributed by atoms with van der Waals surface area (Å²) in [6, 6.07) is 20.0. The van der Waals surface area contributed by atoms with Gasteiger partial charge in [-0.15, -0.1) is 0 Å². The van der Waals surface area contributed by atoms with Crippen molar-refractivity contribution in [2.45, 2.75) is 43.8 Å². The van der Waals surface area contributed by atoms with E-state index in [2.05, 4.69) is 35.7 Å². The molecule has 3 rings (SSSR count). The lowest BCUT2D eigenvalue weighted by atomic mass is 10.2. The highest BCUT2D eigenvalue weighted by atomic mass is 32.2. The second kappa shape index (κ2) is 24.1. The minimum absolute atomic E-state index is 0.00569. The number of nitrogens with one attached hydrogen (secondary N) is 2. The number of aliphatic hydroxyl groups excluding tert-OH is 1. The third kappa shape index (κ3) is 20.1. The van der Waals surface area contributed by atoms with E-state index in [0.29, 0.717) is 43.2 Å². The molecule has 2 unspecified atom stereocenters. The summed E-state index contributed by atoms with van der Waals surface area (Å²) in [4.78, 5) is 23.9. The average molecular weight is 783 g/mol. The van der Waals surface area contributed by atoms with Crippen molar-refractivity contribution in [3.63, 3.8) is 0 Å². The number of amides is 2. The fourth-order valence-corrected chi connectivity index (χ4v) is 5.83. The quantitative estimate of drug-likeness (QED) is 0.0679. The topological polar surface area (TPSA) is 173 Å². The molecule has 0 fully saturated rings. The molecule has 0 spiro atoms. The molecule has 0 aromatic heterocycles. The molecule has 52 heavy (non-hydrogen) atoms. The summed E-state index contributed by atoms with van der Waals surface area (Å²) in [5.41, 5.74) is 2.36. The van der Waals surface area contributed by atoms with Gasteiger partial charge in [-0.3, -0.25) is 20.5 Å².